The molecule has 26 heavy (non-hydrogen) atoms. The molecule has 136 valence electrons. The number of quaternary nitrogens is 1. The van der Waals surface area contributed by atoms with Crippen LogP contribution in [0.3, 0.4) is 0 Å². The largest absolute Gasteiger partial charge is 0.493 e. The molecule has 1 aromatic heterocycles. The highest BCUT2D eigenvalue weighted by Crippen LogP contribution is 2.27. The molecule has 0 aliphatic carbocycles. The molecule has 3 rings (SSSR count). The van der Waals surface area contributed by atoms with Gasteiger partial charge in [0.2, 0.25) is 0 Å². The lowest BCUT2D eigenvalue weighted by molar-refractivity contribution is -0.671. The van der Waals surface area contributed by atoms with Gasteiger partial charge in [0.25, 0.3) is 0 Å². The van der Waals surface area contributed by atoms with E-state index < -0.39 is 0 Å². The Morgan fingerprint density at radius 2 is 1.69 bits per heavy atom. The second-order valence-electron chi connectivity index (χ2n) is 5.99. The summed E-state index contributed by atoms with van der Waals surface area (Å²) in [6.45, 7) is 1.80. The molecule has 0 atom stereocenters. The van der Waals surface area contributed by atoms with Gasteiger partial charge in [0, 0.05) is 16.5 Å². The summed E-state index contributed by atoms with van der Waals surface area (Å²) < 4.78 is 17.6. The Morgan fingerprint density at radius 1 is 0.923 bits per heavy atom. The highest BCUT2D eigenvalue weighted by atomic mass is 79.9. The fraction of sp³-hybridized carbons (Fsp3) is 0.238. The molecular weight excluding hydrogens is 394 g/mol. The predicted molar refractivity (Wildman–Crippen MR) is 106 cm³/mol. The highest BCUT2D eigenvalue weighted by Gasteiger charge is 2.07. The zero-order valence-electron chi connectivity index (χ0n) is 15.0. The average molecular weight is 417 g/mol. The third-order valence-electron chi connectivity index (χ3n) is 4.22. The summed E-state index contributed by atoms with van der Waals surface area (Å²) in [5.74, 6) is 3.42. The third kappa shape index (κ3) is 4.68. The van der Waals surface area contributed by atoms with Gasteiger partial charge in [0.05, 0.1) is 20.8 Å². The molecule has 2 aromatic carbocycles. The van der Waals surface area contributed by atoms with Crippen LogP contribution >= 0.6 is 15.9 Å². The van der Waals surface area contributed by atoms with Gasteiger partial charge in [0.15, 0.2) is 17.3 Å². The minimum absolute atomic E-state index is 0.760. The molecule has 0 bridgehead atoms. The van der Waals surface area contributed by atoms with Crippen molar-refractivity contribution in [2.24, 2.45) is 0 Å². The number of halogens is 1. The van der Waals surface area contributed by atoms with Crippen LogP contribution in [0.25, 0.3) is 11.3 Å². The Morgan fingerprint density at radius 3 is 2.42 bits per heavy atom. The summed E-state index contributed by atoms with van der Waals surface area (Å²) in [5.41, 5.74) is 2.32. The number of methoxy groups -OCH3 is 2. The lowest BCUT2D eigenvalue weighted by Gasteiger charge is -2.09. The lowest BCUT2D eigenvalue weighted by Crippen LogP contribution is -2.83. The molecule has 0 aliphatic heterocycles. The summed E-state index contributed by atoms with van der Waals surface area (Å²) in [7, 11) is 3.31. The Bertz CT molecular complexity index is 843. The molecule has 2 N–H and O–H groups in total. The molecule has 4 nitrogen and oxygen atoms in total. The molecule has 0 aliphatic rings. The quantitative estimate of drug-likeness (QED) is 0.563. The number of rotatable bonds is 8. The summed E-state index contributed by atoms with van der Waals surface area (Å²) in [6.07, 6.45) is 0.959. The van der Waals surface area contributed by atoms with E-state index in [0.29, 0.717) is 0 Å². The first kappa shape index (κ1) is 18.5. The van der Waals surface area contributed by atoms with Crippen LogP contribution in [0.5, 0.6) is 11.5 Å². The normalized spacial score (nSPS) is 10.7. The molecule has 0 saturated carbocycles. The van der Waals surface area contributed by atoms with E-state index in [4.69, 9.17) is 13.9 Å². The van der Waals surface area contributed by atoms with Crippen LogP contribution in [0.15, 0.2) is 63.5 Å². The minimum Gasteiger partial charge on any atom is -0.493 e. The van der Waals surface area contributed by atoms with Crippen molar-refractivity contribution in [3.63, 3.8) is 0 Å². The van der Waals surface area contributed by atoms with E-state index in [1.165, 1.54) is 5.56 Å². The van der Waals surface area contributed by atoms with Crippen LogP contribution in [-0.2, 0) is 13.0 Å². The first-order valence-corrected chi connectivity index (χ1v) is 9.36. The van der Waals surface area contributed by atoms with E-state index in [1.54, 1.807) is 14.2 Å². The molecule has 3 aromatic rings. The second-order valence-corrected chi connectivity index (χ2v) is 6.91. The summed E-state index contributed by atoms with van der Waals surface area (Å²) in [6, 6.07) is 18.3. The van der Waals surface area contributed by atoms with Crippen LogP contribution in [0, 0.1) is 0 Å². The van der Waals surface area contributed by atoms with Gasteiger partial charge < -0.3 is 19.2 Å². The van der Waals surface area contributed by atoms with E-state index in [1.807, 2.05) is 48.5 Å². The van der Waals surface area contributed by atoms with Crippen LogP contribution in [0.4, 0.5) is 0 Å². The van der Waals surface area contributed by atoms with Crippen molar-refractivity contribution < 1.29 is 19.2 Å². The monoisotopic (exact) mass is 416 g/mol. The molecule has 0 fully saturated rings. The van der Waals surface area contributed by atoms with Crippen molar-refractivity contribution in [3.8, 4) is 22.8 Å². The van der Waals surface area contributed by atoms with Gasteiger partial charge in [-0.1, -0.05) is 34.1 Å². The molecule has 0 amide bonds. The topological polar surface area (TPSA) is 48.2 Å². The van der Waals surface area contributed by atoms with Gasteiger partial charge in [-0.2, -0.15) is 0 Å². The highest BCUT2D eigenvalue weighted by molar-refractivity contribution is 9.10. The maximum absolute atomic E-state index is 5.95. The zero-order valence-corrected chi connectivity index (χ0v) is 16.6. The predicted octanol–water partition coefficient (Wildman–Crippen LogP) is 4.03. The van der Waals surface area contributed by atoms with Crippen molar-refractivity contribution in [3.05, 3.63) is 70.4 Å². The number of benzene rings is 2. The van der Waals surface area contributed by atoms with Crippen molar-refractivity contribution in [2.75, 3.05) is 20.8 Å². The first-order chi connectivity index (χ1) is 12.7. The summed E-state index contributed by atoms with van der Waals surface area (Å²) in [4.78, 5) is 0. The van der Waals surface area contributed by atoms with Gasteiger partial charge in [-0.05, 0) is 42.0 Å². The Hall–Kier alpha value is -2.24. The van der Waals surface area contributed by atoms with Gasteiger partial charge in [0.1, 0.15) is 12.3 Å². The van der Waals surface area contributed by atoms with Crippen LogP contribution in [-0.4, -0.2) is 20.8 Å². The van der Waals surface area contributed by atoms with Crippen LogP contribution < -0.4 is 14.8 Å². The van der Waals surface area contributed by atoms with Gasteiger partial charge in [-0.15, -0.1) is 0 Å². The Kier molecular flexibility index (Phi) is 6.36. The van der Waals surface area contributed by atoms with E-state index in [-0.39, 0.29) is 0 Å². The van der Waals surface area contributed by atoms with Crippen molar-refractivity contribution >= 4 is 15.9 Å². The fourth-order valence-corrected chi connectivity index (χ4v) is 3.07. The number of nitrogens with two attached hydrogens (primary N) is 1. The number of ether oxygens (including phenoxy) is 2. The van der Waals surface area contributed by atoms with Crippen LogP contribution in [0.2, 0.25) is 0 Å². The number of hydrogen-bond donors (Lipinski definition) is 1. The molecule has 0 unspecified atom stereocenters. The van der Waals surface area contributed by atoms with Crippen molar-refractivity contribution in [1.29, 1.82) is 0 Å². The minimum atomic E-state index is 0.760. The third-order valence-corrected chi connectivity index (χ3v) is 4.75. The zero-order chi connectivity index (χ0) is 18.4. The van der Waals surface area contributed by atoms with Crippen molar-refractivity contribution in [1.82, 2.24) is 0 Å². The van der Waals surface area contributed by atoms with E-state index in [0.717, 1.165) is 52.6 Å². The number of furan rings is 1. The van der Waals surface area contributed by atoms with Crippen LogP contribution in [0.1, 0.15) is 11.3 Å². The number of hydrogen-bond acceptors (Lipinski definition) is 3. The molecule has 5 heteroatoms. The van der Waals surface area contributed by atoms with Crippen molar-refractivity contribution in [2.45, 2.75) is 13.0 Å². The SMILES string of the molecule is COc1ccc(CC[NH2+]Cc2ccc(-c3ccc(Br)cc3)o2)cc1OC. The summed E-state index contributed by atoms with van der Waals surface area (Å²) >= 11 is 3.45. The van der Waals surface area contributed by atoms with Gasteiger partial charge in [-0.25, -0.2) is 0 Å². The summed E-state index contributed by atoms with van der Waals surface area (Å²) in [5, 5.41) is 2.25. The van der Waals surface area contributed by atoms with Gasteiger partial charge >= 0.3 is 0 Å². The van der Waals surface area contributed by atoms with E-state index >= 15 is 0 Å². The fourth-order valence-electron chi connectivity index (χ4n) is 2.81. The molecule has 0 radical (unpaired) electrons. The second kappa shape index (κ2) is 8.92. The maximum Gasteiger partial charge on any atom is 0.160 e. The standard InChI is InChI=1S/C21H22BrNO3/c1-24-20-9-3-15(13-21(20)25-2)11-12-23-14-18-8-10-19(26-18)16-4-6-17(22)7-5-16/h3-10,13,23H,11-12,14H2,1-2H3/p+1. The lowest BCUT2D eigenvalue weighted by atomic mass is 10.1. The Balaban J connectivity index is 1.50. The molecule has 1 heterocycles. The smallest absolute Gasteiger partial charge is 0.160 e. The van der Waals surface area contributed by atoms with E-state index in [9.17, 15) is 0 Å². The Labute approximate surface area is 162 Å². The van der Waals surface area contributed by atoms with Gasteiger partial charge in [-0.3, -0.25) is 0 Å². The average Bonchev–Trinajstić information content (AvgIpc) is 3.14. The molecule has 0 saturated heterocycles. The molecular formula is C21H23BrNO3+. The van der Waals surface area contributed by atoms with E-state index in [2.05, 4.69) is 27.3 Å². The molecule has 0 spiro atoms. The first-order valence-electron chi connectivity index (χ1n) is 8.57. The maximum atomic E-state index is 5.95.